The van der Waals surface area contributed by atoms with Gasteiger partial charge in [0.25, 0.3) is 11.8 Å². The number of fused-ring (bicyclic) bond motifs is 1. The Balaban J connectivity index is 1.69. The van der Waals surface area contributed by atoms with Gasteiger partial charge < -0.3 is 5.32 Å². The molecule has 23 heavy (non-hydrogen) atoms. The second kappa shape index (κ2) is 6.00. The molecule has 1 aromatic carbocycles. The maximum atomic E-state index is 12.2. The van der Waals surface area contributed by atoms with Crippen LogP contribution >= 0.6 is 0 Å². The number of imide groups is 1. The van der Waals surface area contributed by atoms with Crippen molar-refractivity contribution >= 4 is 23.4 Å². The first-order valence-electron chi connectivity index (χ1n) is 7.30. The normalized spacial score (nSPS) is 13.2. The van der Waals surface area contributed by atoms with E-state index in [2.05, 4.69) is 10.3 Å². The molecule has 1 aliphatic heterocycles. The van der Waals surface area contributed by atoms with Crippen LogP contribution in [0.15, 0.2) is 42.6 Å². The number of benzene rings is 1. The number of nitrogens with one attached hydrogen (secondary N) is 1. The van der Waals surface area contributed by atoms with E-state index in [1.54, 1.807) is 18.2 Å². The molecule has 0 bridgehead atoms. The third-order valence-corrected chi connectivity index (χ3v) is 3.68. The lowest BCUT2D eigenvalue weighted by molar-refractivity contribution is -0.116. The van der Waals surface area contributed by atoms with Gasteiger partial charge in [0.2, 0.25) is 5.91 Å². The Labute approximate surface area is 133 Å². The molecular formula is C17H15N3O3. The van der Waals surface area contributed by atoms with Crippen LogP contribution in [-0.4, -0.2) is 34.2 Å². The van der Waals surface area contributed by atoms with Crippen LogP contribution in [0, 0.1) is 0 Å². The van der Waals surface area contributed by atoms with Crippen LogP contribution in [0.1, 0.15) is 33.3 Å². The minimum absolute atomic E-state index is 0.0950. The maximum absolute atomic E-state index is 12.2. The number of aryl methyl sites for hydroxylation is 1. The molecule has 0 aliphatic carbocycles. The van der Waals surface area contributed by atoms with Gasteiger partial charge in [0.15, 0.2) is 0 Å². The Bertz CT molecular complexity index is 749. The third kappa shape index (κ3) is 2.83. The van der Waals surface area contributed by atoms with Crippen molar-refractivity contribution in [1.29, 1.82) is 0 Å². The fourth-order valence-electron chi connectivity index (χ4n) is 2.43. The van der Waals surface area contributed by atoms with Crippen LogP contribution in [0.2, 0.25) is 0 Å². The summed E-state index contributed by atoms with van der Waals surface area (Å²) in [5.41, 5.74) is 2.12. The van der Waals surface area contributed by atoms with Crippen molar-refractivity contribution < 1.29 is 14.4 Å². The first-order chi connectivity index (χ1) is 11.1. The average Bonchev–Trinajstić information content (AvgIpc) is 2.81. The number of pyridine rings is 1. The van der Waals surface area contributed by atoms with Crippen molar-refractivity contribution in [3.05, 3.63) is 59.4 Å². The molecule has 2 aromatic rings. The van der Waals surface area contributed by atoms with Gasteiger partial charge in [0.1, 0.15) is 12.2 Å². The molecule has 3 amide bonds. The molecule has 6 heteroatoms. The van der Waals surface area contributed by atoms with Crippen molar-refractivity contribution in [1.82, 2.24) is 9.88 Å². The summed E-state index contributed by atoms with van der Waals surface area (Å²) in [5, 5.41) is 2.68. The van der Waals surface area contributed by atoms with Gasteiger partial charge in [-0.15, -0.1) is 0 Å². The lowest BCUT2D eigenvalue weighted by Gasteiger charge is -2.13. The number of aromatic nitrogens is 1. The predicted octanol–water partition coefficient (Wildman–Crippen LogP) is 1.88. The first-order valence-corrected chi connectivity index (χ1v) is 7.30. The molecule has 3 rings (SSSR count). The third-order valence-electron chi connectivity index (χ3n) is 3.68. The summed E-state index contributed by atoms with van der Waals surface area (Å²) in [6.45, 7) is 1.72. The van der Waals surface area contributed by atoms with E-state index in [0.29, 0.717) is 5.69 Å². The van der Waals surface area contributed by atoms with Crippen LogP contribution in [-0.2, 0) is 11.2 Å². The second-order valence-electron chi connectivity index (χ2n) is 5.19. The van der Waals surface area contributed by atoms with Crippen molar-refractivity contribution in [2.24, 2.45) is 0 Å². The van der Waals surface area contributed by atoms with E-state index < -0.39 is 17.7 Å². The number of carbonyl (C=O) groups is 3. The van der Waals surface area contributed by atoms with Gasteiger partial charge in [-0.25, -0.2) is 0 Å². The van der Waals surface area contributed by atoms with Gasteiger partial charge in [0.05, 0.1) is 5.56 Å². The SMILES string of the molecule is CCc1ccc(NC(=O)CN2C(=O)c3cccnc3C2=O)cc1. The Morgan fingerprint density at radius 2 is 1.87 bits per heavy atom. The predicted molar refractivity (Wildman–Crippen MR) is 84.1 cm³/mol. The summed E-state index contributed by atoms with van der Waals surface area (Å²) in [6, 6.07) is 10.5. The molecule has 0 saturated heterocycles. The number of carbonyl (C=O) groups excluding carboxylic acids is 3. The first kappa shape index (κ1) is 14.9. The van der Waals surface area contributed by atoms with Gasteiger partial charge in [-0.05, 0) is 36.2 Å². The van der Waals surface area contributed by atoms with Crippen LogP contribution in [0.25, 0.3) is 0 Å². The zero-order valence-electron chi connectivity index (χ0n) is 12.6. The summed E-state index contributed by atoms with van der Waals surface area (Å²) in [5.74, 6) is -1.46. The second-order valence-corrected chi connectivity index (χ2v) is 5.19. The van der Waals surface area contributed by atoms with Gasteiger partial charge >= 0.3 is 0 Å². The smallest absolute Gasteiger partial charge is 0.280 e. The number of hydrogen-bond acceptors (Lipinski definition) is 4. The molecule has 0 radical (unpaired) electrons. The van der Waals surface area contributed by atoms with Crippen LogP contribution < -0.4 is 5.32 Å². The molecule has 0 saturated carbocycles. The van der Waals surface area contributed by atoms with E-state index >= 15 is 0 Å². The Hall–Kier alpha value is -3.02. The quantitative estimate of drug-likeness (QED) is 0.875. The van der Waals surface area contributed by atoms with E-state index in [1.165, 1.54) is 12.3 Å². The molecule has 1 aromatic heterocycles. The molecule has 1 N–H and O–H groups in total. The van der Waals surface area contributed by atoms with E-state index in [0.717, 1.165) is 16.9 Å². The number of amides is 3. The van der Waals surface area contributed by atoms with E-state index in [9.17, 15) is 14.4 Å². The largest absolute Gasteiger partial charge is 0.325 e. The van der Waals surface area contributed by atoms with Crippen molar-refractivity contribution in [3.63, 3.8) is 0 Å². The minimum Gasteiger partial charge on any atom is -0.325 e. The zero-order valence-corrected chi connectivity index (χ0v) is 12.6. The average molecular weight is 309 g/mol. The Kier molecular flexibility index (Phi) is 3.89. The van der Waals surface area contributed by atoms with Crippen molar-refractivity contribution in [2.75, 3.05) is 11.9 Å². The number of anilines is 1. The number of rotatable bonds is 4. The zero-order chi connectivity index (χ0) is 16.4. The summed E-state index contributed by atoms with van der Waals surface area (Å²) < 4.78 is 0. The highest BCUT2D eigenvalue weighted by atomic mass is 16.2. The van der Waals surface area contributed by atoms with Crippen molar-refractivity contribution in [3.8, 4) is 0 Å². The van der Waals surface area contributed by atoms with Crippen LogP contribution in [0.4, 0.5) is 5.69 Å². The summed E-state index contributed by atoms with van der Waals surface area (Å²) in [4.78, 5) is 41.2. The molecule has 0 spiro atoms. The number of nitrogens with zero attached hydrogens (tertiary/aromatic N) is 2. The molecule has 2 heterocycles. The van der Waals surface area contributed by atoms with Gasteiger partial charge in [-0.1, -0.05) is 19.1 Å². The molecule has 1 aliphatic rings. The molecule has 0 atom stereocenters. The molecule has 116 valence electrons. The monoisotopic (exact) mass is 309 g/mol. The topological polar surface area (TPSA) is 79.4 Å². The lowest BCUT2D eigenvalue weighted by Crippen LogP contribution is -2.37. The Morgan fingerprint density at radius 3 is 2.52 bits per heavy atom. The highest BCUT2D eigenvalue weighted by Gasteiger charge is 2.37. The van der Waals surface area contributed by atoms with Crippen LogP contribution in [0.5, 0.6) is 0 Å². The van der Waals surface area contributed by atoms with Crippen LogP contribution in [0.3, 0.4) is 0 Å². The molecule has 6 nitrogen and oxygen atoms in total. The Morgan fingerprint density at radius 1 is 1.13 bits per heavy atom. The minimum atomic E-state index is -0.540. The molecule has 0 fully saturated rings. The summed E-state index contributed by atoms with van der Waals surface area (Å²) in [6.07, 6.45) is 2.36. The highest BCUT2D eigenvalue weighted by Crippen LogP contribution is 2.20. The molecular weight excluding hydrogens is 294 g/mol. The molecule has 0 unspecified atom stereocenters. The number of hydrogen-bond donors (Lipinski definition) is 1. The standard InChI is InChI=1S/C17H15N3O3/c1-2-11-5-7-12(8-6-11)19-14(21)10-20-16(22)13-4-3-9-18-15(13)17(20)23/h3-9H,2,10H2,1H3,(H,19,21). The fraction of sp³-hybridized carbons (Fsp3) is 0.176. The summed E-state index contributed by atoms with van der Waals surface area (Å²) in [7, 11) is 0. The summed E-state index contributed by atoms with van der Waals surface area (Å²) >= 11 is 0. The van der Waals surface area contributed by atoms with E-state index in [4.69, 9.17) is 0 Å². The maximum Gasteiger partial charge on any atom is 0.280 e. The highest BCUT2D eigenvalue weighted by molar-refractivity contribution is 6.21. The van der Waals surface area contributed by atoms with Gasteiger partial charge in [-0.3, -0.25) is 24.3 Å². The van der Waals surface area contributed by atoms with Gasteiger partial charge in [0, 0.05) is 11.9 Å². The fourth-order valence-corrected chi connectivity index (χ4v) is 2.43. The van der Waals surface area contributed by atoms with E-state index in [1.807, 2.05) is 19.1 Å². The van der Waals surface area contributed by atoms with E-state index in [-0.39, 0.29) is 17.8 Å². The van der Waals surface area contributed by atoms with Gasteiger partial charge in [-0.2, -0.15) is 0 Å². The lowest BCUT2D eigenvalue weighted by atomic mass is 10.1. The van der Waals surface area contributed by atoms with Crippen molar-refractivity contribution in [2.45, 2.75) is 13.3 Å².